The topological polar surface area (TPSA) is 79.0 Å². The molecule has 0 saturated carbocycles. The number of nitrogens with one attached hydrogen (secondary N) is 3. The van der Waals surface area contributed by atoms with E-state index in [9.17, 15) is 4.79 Å². The summed E-state index contributed by atoms with van der Waals surface area (Å²) in [5.74, 6) is -0.0780. The molecule has 3 N–H and O–H groups in total. The summed E-state index contributed by atoms with van der Waals surface area (Å²) >= 11 is 0. The minimum absolute atomic E-state index is 0.0780. The Hall–Kier alpha value is -2.18. The quantitative estimate of drug-likeness (QED) is 0.804. The molecular weight excluding hydrogens is 280 g/mol. The van der Waals surface area contributed by atoms with Crippen LogP contribution in [0.4, 0.5) is 5.69 Å². The van der Waals surface area contributed by atoms with Crippen molar-refractivity contribution in [2.75, 3.05) is 25.5 Å². The lowest BCUT2D eigenvalue weighted by Gasteiger charge is -2.34. The van der Waals surface area contributed by atoms with E-state index in [2.05, 4.69) is 20.8 Å². The first-order valence-corrected chi connectivity index (χ1v) is 7.41. The molecule has 1 aromatic heterocycles. The van der Waals surface area contributed by atoms with E-state index < -0.39 is 5.60 Å². The van der Waals surface area contributed by atoms with Gasteiger partial charge in [0.15, 0.2) is 0 Å². The highest BCUT2D eigenvalue weighted by atomic mass is 16.5. The summed E-state index contributed by atoms with van der Waals surface area (Å²) in [6, 6.07) is 9.58. The predicted octanol–water partition coefficient (Wildman–Crippen LogP) is 1.78. The maximum absolute atomic E-state index is 12.6. The van der Waals surface area contributed by atoms with E-state index in [1.807, 2.05) is 30.3 Å². The third-order valence-corrected chi connectivity index (χ3v) is 4.17. The van der Waals surface area contributed by atoms with Gasteiger partial charge in [0.25, 0.3) is 5.91 Å². The molecule has 6 nitrogen and oxygen atoms in total. The van der Waals surface area contributed by atoms with Gasteiger partial charge in [-0.25, -0.2) is 0 Å². The number of aromatic nitrogens is 2. The number of rotatable bonds is 4. The Kier molecular flexibility index (Phi) is 4.22. The lowest BCUT2D eigenvalue weighted by molar-refractivity contribution is -0.140. The number of aromatic amines is 1. The molecule has 1 aromatic carbocycles. The minimum atomic E-state index is -0.729. The van der Waals surface area contributed by atoms with Crippen molar-refractivity contribution in [1.29, 1.82) is 0 Å². The number of anilines is 1. The van der Waals surface area contributed by atoms with Crippen LogP contribution in [-0.4, -0.2) is 41.9 Å². The van der Waals surface area contributed by atoms with Gasteiger partial charge in [0.2, 0.25) is 0 Å². The third kappa shape index (κ3) is 2.88. The van der Waals surface area contributed by atoms with Gasteiger partial charge in [0, 0.05) is 19.0 Å². The van der Waals surface area contributed by atoms with Gasteiger partial charge in [0.1, 0.15) is 5.60 Å². The van der Waals surface area contributed by atoms with Crippen molar-refractivity contribution in [2.45, 2.75) is 18.4 Å². The first kappa shape index (κ1) is 14.7. The zero-order valence-corrected chi connectivity index (χ0v) is 12.6. The van der Waals surface area contributed by atoms with Crippen LogP contribution in [0, 0.1) is 0 Å². The molecule has 3 rings (SSSR count). The second-order valence-corrected chi connectivity index (χ2v) is 5.45. The molecule has 6 heteroatoms. The Morgan fingerprint density at radius 3 is 2.55 bits per heavy atom. The van der Waals surface area contributed by atoms with E-state index in [-0.39, 0.29) is 5.91 Å². The number of amides is 1. The van der Waals surface area contributed by atoms with Crippen molar-refractivity contribution in [2.24, 2.45) is 0 Å². The van der Waals surface area contributed by atoms with Gasteiger partial charge in [-0.15, -0.1) is 0 Å². The summed E-state index contributed by atoms with van der Waals surface area (Å²) in [4.78, 5) is 12.6. The summed E-state index contributed by atoms with van der Waals surface area (Å²) < 4.78 is 5.53. The molecule has 1 aliphatic heterocycles. The SMILES string of the molecule is COC1(C(=O)Nc2ccc(-c3ccn[nH]3)cc2)CCNCC1. The van der Waals surface area contributed by atoms with Crippen molar-refractivity contribution in [3.63, 3.8) is 0 Å². The number of H-pyrrole nitrogens is 1. The fraction of sp³-hybridized carbons (Fsp3) is 0.375. The Balaban J connectivity index is 1.71. The van der Waals surface area contributed by atoms with Crippen LogP contribution in [0.25, 0.3) is 11.3 Å². The van der Waals surface area contributed by atoms with Crippen LogP contribution in [0.3, 0.4) is 0 Å². The van der Waals surface area contributed by atoms with Crippen molar-refractivity contribution >= 4 is 11.6 Å². The van der Waals surface area contributed by atoms with E-state index in [0.717, 1.165) is 30.0 Å². The standard InChI is InChI=1S/C16H20N4O2/c1-22-16(7-10-17-11-8-16)15(21)19-13-4-2-12(3-5-13)14-6-9-18-20-14/h2-6,9,17H,7-8,10-11H2,1H3,(H,18,20)(H,19,21). The molecule has 116 valence electrons. The van der Waals surface area contributed by atoms with Crippen molar-refractivity contribution in [3.05, 3.63) is 36.5 Å². The number of carbonyl (C=O) groups excluding carboxylic acids is 1. The predicted molar refractivity (Wildman–Crippen MR) is 84.5 cm³/mol. The maximum Gasteiger partial charge on any atom is 0.256 e. The van der Waals surface area contributed by atoms with Crippen LogP contribution in [0.5, 0.6) is 0 Å². The Labute approximate surface area is 129 Å². The van der Waals surface area contributed by atoms with Crippen LogP contribution in [-0.2, 0) is 9.53 Å². The maximum atomic E-state index is 12.6. The average Bonchev–Trinajstić information content (AvgIpc) is 3.10. The molecule has 1 fully saturated rings. The number of nitrogens with zero attached hydrogens (tertiary/aromatic N) is 1. The monoisotopic (exact) mass is 300 g/mol. The number of carbonyl (C=O) groups is 1. The van der Waals surface area contributed by atoms with E-state index in [1.54, 1.807) is 13.3 Å². The molecular formula is C16H20N4O2. The number of hydrogen-bond donors (Lipinski definition) is 3. The molecule has 1 saturated heterocycles. The minimum Gasteiger partial charge on any atom is -0.368 e. The molecule has 0 atom stereocenters. The van der Waals surface area contributed by atoms with Gasteiger partial charge >= 0.3 is 0 Å². The second kappa shape index (κ2) is 6.29. The molecule has 0 spiro atoms. The lowest BCUT2D eigenvalue weighted by Crippen LogP contribution is -2.51. The van der Waals surface area contributed by atoms with Crippen LogP contribution in [0.1, 0.15) is 12.8 Å². The largest absolute Gasteiger partial charge is 0.368 e. The van der Waals surface area contributed by atoms with E-state index in [0.29, 0.717) is 12.8 Å². The molecule has 2 aromatic rings. The van der Waals surface area contributed by atoms with Crippen LogP contribution < -0.4 is 10.6 Å². The molecule has 22 heavy (non-hydrogen) atoms. The zero-order valence-electron chi connectivity index (χ0n) is 12.6. The summed E-state index contributed by atoms with van der Waals surface area (Å²) in [7, 11) is 1.60. The average molecular weight is 300 g/mol. The van der Waals surface area contributed by atoms with Gasteiger partial charge in [0.05, 0.1) is 5.69 Å². The van der Waals surface area contributed by atoms with E-state index >= 15 is 0 Å². The van der Waals surface area contributed by atoms with Crippen molar-refractivity contribution in [3.8, 4) is 11.3 Å². The fourth-order valence-electron chi connectivity index (χ4n) is 2.75. The van der Waals surface area contributed by atoms with Crippen LogP contribution >= 0.6 is 0 Å². The van der Waals surface area contributed by atoms with E-state index in [4.69, 9.17) is 4.74 Å². The van der Waals surface area contributed by atoms with Crippen LogP contribution in [0.15, 0.2) is 36.5 Å². The normalized spacial score (nSPS) is 17.1. The molecule has 0 radical (unpaired) electrons. The van der Waals surface area contributed by atoms with Crippen molar-refractivity contribution < 1.29 is 9.53 Å². The number of piperidine rings is 1. The van der Waals surface area contributed by atoms with Crippen LogP contribution in [0.2, 0.25) is 0 Å². The highest BCUT2D eigenvalue weighted by Crippen LogP contribution is 2.25. The van der Waals surface area contributed by atoms with Gasteiger partial charge in [-0.2, -0.15) is 5.10 Å². The van der Waals surface area contributed by atoms with Gasteiger partial charge in [-0.3, -0.25) is 9.89 Å². The van der Waals surface area contributed by atoms with Crippen molar-refractivity contribution in [1.82, 2.24) is 15.5 Å². The first-order chi connectivity index (χ1) is 10.7. The highest BCUT2D eigenvalue weighted by molar-refractivity contribution is 5.97. The Morgan fingerprint density at radius 1 is 1.23 bits per heavy atom. The molecule has 0 aliphatic carbocycles. The molecule has 1 aliphatic rings. The fourth-order valence-corrected chi connectivity index (χ4v) is 2.75. The van der Waals surface area contributed by atoms with Gasteiger partial charge in [-0.1, -0.05) is 12.1 Å². The Morgan fingerprint density at radius 2 is 1.95 bits per heavy atom. The molecule has 2 heterocycles. The smallest absolute Gasteiger partial charge is 0.256 e. The van der Waals surface area contributed by atoms with Gasteiger partial charge < -0.3 is 15.4 Å². The number of methoxy groups -OCH3 is 1. The number of ether oxygens (including phenoxy) is 1. The summed E-state index contributed by atoms with van der Waals surface area (Å²) in [6.07, 6.45) is 3.08. The molecule has 0 unspecified atom stereocenters. The zero-order chi connectivity index (χ0) is 15.4. The number of benzene rings is 1. The first-order valence-electron chi connectivity index (χ1n) is 7.41. The summed E-state index contributed by atoms with van der Waals surface area (Å²) in [5, 5.41) is 13.1. The number of hydrogen-bond acceptors (Lipinski definition) is 4. The molecule has 1 amide bonds. The molecule has 0 bridgehead atoms. The Bertz CT molecular complexity index is 616. The third-order valence-electron chi connectivity index (χ3n) is 4.17. The lowest BCUT2D eigenvalue weighted by atomic mass is 9.91. The second-order valence-electron chi connectivity index (χ2n) is 5.45. The summed E-state index contributed by atoms with van der Waals surface area (Å²) in [5.41, 5.74) is 2.01. The summed E-state index contributed by atoms with van der Waals surface area (Å²) in [6.45, 7) is 1.58. The highest BCUT2D eigenvalue weighted by Gasteiger charge is 2.39. The van der Waals surface area contributed by atoms with E-state index in [1.165, 1.54) is 0 Å². The van der Waals surface area contributed by atoms with Gasteiger partial charge in [-0.05, 0) is 49.7 Å².